The second kappa shape index (κ2) is 12.0. The predicted octanol–water partition coefficient (Wildman–Crippen LogP) is 3.80. The molecule has 1 amide bonds. The van der Waals surface area contributed by atoms with E-state index in [0.717, 1.165) is 34.2 Å². The Hall–Kier alpha value is -3.42. The molecule has 9 nitrogen and oxygen atoms in total. The van der Waals surface area contributed by atoms with Crippen molar-refractivity contribution in [2.75, 3.05) is 26.0 Å². The van der Waals surface area contributed by atoms with Crippen LogP contribution >= 0.6 is 0 Å². The van der Waals surface area contributed by atoms with E-state index in [1.807, 2.05) is 26.0 Å². The van der Waals surface area contributed by atoms with Gasteiger partial charge in [0.05, 0.1) is 4.90 Å². The van der Waals surface area contributed by atoms with Gasteiger partial charge < -0.3 is 14.6 Å². The number of hydrogen-bond donors (Lipinski definition) is 1. The van der Waals surface area contributed by atoms with Crippen molar-refractivity contribution < 1.29 is 22.7 Å². The monoisotopic (exact) mass is 514 g/mol. The maximum Gasteiger partial charge on any atom is 0.349 e. The Labute approximate surface area is 213 Å². The largest absolute Gasteiger partial charge is 0.451 e. The third-order valence-electron chi connectivity index (χ3n) is 5.78. The highest BCUT2D eigenvalue weighted by molar-refractivity contribution is 7.89. The number of benzene rings is 1. The Morgan fingerprint density at radius 1 is 1.19 bits per heavy atom. The molecule has 0 saturated heterocycles. The summed E-state index contributed by atoms with van der Waals surface area (Å²) >= 11 is 0. The van der Waals surface area contributed by atoms with Gasteiger partial charge in [0.25, 0.3) is 5.91 Å². The molecule has 1 aromatic heterocycles. The van der Waals surface area contributed by atoms with E-state index in [2.05, 4.69) is 23.7 Å². The Balaban J connectivity index is 2.11. The molecule has 1 N–H and O–H groups in total. The van der Waals surface area contributed by atoms with Crippen LogP contribution in [0.1, 0.15) is 42.8 Å². The van der Waals surface area contributed by atoms with Gasteiger partial charge in [-0.15, -0.1) is 0 Å². The number of aryl methyl sites for hydroxylation is 2. The number of rotatable bonds is 10. The summed E-state index contributed by atoms with van der Waals surface area (Å²) in [6, 6.07) is 8.13. The van der Waals surface area contributed by atoms with Crippen molar-refractivity contribution in [2.24, 2.45) is 5.92 Å². The standard InChI is InChI=1S/C26H34N4O5S/c1-17(2)10-11-30-19(4)12-21(20(30)5)13-22(15-27)26(32)35-16-25(31)28-24-14-23(9-8-18(24)3)36(33,34)29(6)7/h8-9,12-14,17H,10-11,16H2,1-7H3,(H,28,31)/b22-13+. The molecule has 0 radical (unpaired) electrons. The molecule has 2 aromatic rings. The number of anilines is 1. The predicted molar refractivity (Wildman–Crippen MR) is 139 cm³/mol. The molecule has 1 heterocycles. The molecule has 0 aliphatic carbocycles. The summed E-state index contributed by atoms with van der Waals surface area (Å²) in [5.41, 5.74) is 3.40. The van der Waals surface area contributed by atoms with Crippen molar-refractivity contribution in [3.05, 3.63) is 52.4 Å². The molecule has 0 aliphatic heterocycles. The Morgan fingerprint density at radius 2 is 1.86 bits per heavy atom. The van der Waals surface area contributed by atoms with Crippen molar-refractivity contribution in [1.82, 2.24) is 8.87 Å². The molecule has 36 heavy (non-hydrogen) atoms. The summed E-state index contributed by atoms with van der Waals surface area (Å²) in [6.45, 7) is 10.1. The molecular weight excluding hydrogens is 480 g/mol. The van der Waals surface area contributed by atoms with Crippen molar-refractivity contribution in [3.63, 3.8) is 0 Å². The van der Waals surface area contributed by atoms with E-state index < -0.39 is 28.5 Å². The lowest BCUT2D eigenvalue weighted by molar-refractivity contribution is -0.142. The summed E-state index contributed by atoms with van der Waals surface area (Å²) in [5.74, 6) is -1.03. The third kappa shape index (κ3) is 7.06. The highest BCUT2D eigenvalue weighted by Crippen LogP contribution is 2.22. The van der Waals surface area contributed by atoms with E-state index >= 15 is 0 Å². The molecular formula is C26H34N4O5S. The zero-order valence-electron chi connectivity index (χ0n) is 21.9. The highest BCUT2D eigenvalue weighted by atomic mass is 32.2. The molecule has 0 unspecified atom stereocenters. The highest BCUT2D eigenvalue weighted by Gasteiger charge is 2.20. The van der Waals surface area contributed by atoms with Crippen LogP contribution in [-0.2, 0) is 30.9 Å². The normalized spacial score (nSPS) is 12.1. The maximum absolute atomic E-state index is 12.5. The summed E-state index contributed by atoms with van der Waals surface area (Å²) < 4.78 is 33.0. The van der Waals surface area contributed by atoms with Gasteiger partial charge >= 0.3 is 5.97 Å². The lowest BCUT2D eigenvalue weighted by Crippen LogP contribution is -2.24. The summed E-state index contributed by atoms with van der Waals surface area (Å²) in [5, 5.41) is 12.1. The van der Waals surface area contributed by atoms with Gasteiger partial charge in [0.1, 0.15) is 11.6 Å². The minimum Gasteiger partial charge on any atom is -0.451 e. The number of ether oxygens (including phenoxy) is 1. The second-order valence-corrected chi connectivity index (χ2v) is 11.4. The quantitative estimate of drug-likeness (QED) is 0.292. The first kappa shape index (κ1) is 28.8. The van der Waals surface area contributed by atoms with Gasteiger partial charge in [0, 0.05) is 37.7 Å². The van der Waals surface area contributed by atoms with Crippen molar-refractivity contribution >= 4 is 33.7 Å². The van der Waals surface area contributed by atoms with Gasteiger partial charge in [-0.1, -0.05) is 19.9 Å². The van der Waals surface area contributed by atoms with Crippen LogP contribution in [0.15, 0.2) is 34.7 Å². The first-order chi connectivity index (χ1) is 16.8. The van der Waals surface area contributed by atoms with Crippen LogP contribution in [0.5, 0.6) is 0 Å². The van der Waals surface area contributed by atoms with E-state index in [4.69, 9.17) is 4.74 Å². The molecule has 1 aromatic carbocycles. The van der Waals surface area contributed by atoms with Gasteiger partial charge in [0.15, 0.2) is 6.61 Å². The molecule has 0 fully saturated rings. The van der Waals surface area contributed by atoms with Gasteiger partial charge in [0.2, 0.25) is 10.0 Å². The SMILES string of the molecule is Cc1ccc(S(=O)(=O)N(C)C)cc1NC(=O)COC(=O)/C(C#N)=C/c1cc(C)n(CCC(C)C)c1C. The van der Waals surface area contributed by atoms with Crippen LogP contribution in [0.3, 0.4) is 0 Å². The van der Waals surface area contributed by atoms with Gasteiger partial charge in [-0.2, -0.15) is 5.26 Å². The number of nitriles is 1. The number of carbonyl (C=O) groups is 2. The van der Waals surface area contributed by atoms with Crippen LogP contribution in [0.25, 0.3) is 6.08 Å². The Morgan fingerprint density at radius 3 is 2.44 bits per heavy atom. The summed E-state index contributed by atoms with van der Waals surface area (Å²) in [6.07, 6.45) is 2.47. The molecule has 0 atom stereocenters. The minimum absolute atomic E-state index is 0.0195. The minimum atomic E-state index is -3.68. The number of nitrogens with zero attached hydrogens (tertiary/aromatic N) is 3. The fourth-order valence-electron chi connectivity index (χ4n) is 3.50. The summed E-state index contributed by atoms with van der Waals surface area (Å²) in [4.78, 5) is 24.9. The number of esters is 1. The van der Waals surface area contributed by atoms with E-state index in [9.17, 15) is 23.3 Å². The van der Waals surface area contributed by atoms with Crippen LogP contribution in [0, 0.1) is 38.0 Å². The Bertz CT molecular complexity index is 1310. The van der Waals surface area contributed by atoms with Gasteiger partial charge in [-0.3, -0.25) is 4.79 Å². The molecule has 2 rings (SSSR count). The van der Waals surface area contributed by atoms with Gasteiger partial charge in [-0.05, 0) is 68.5 Å². The maximum atomic E-state index is 12.5. The van der Waals surface area contributed by atoms with E-state index in [1.165, 1.54) is 32.3 Å². The second-order valence-electron chi connectivity index (χ2n) is 9.22. The first-order valence-corrected chi connectivity index (χ1v) is 13.0. The smallest absolute Gasteiger partial charge is 0.349 e. The van der Waals surface area contributed by atoms with Crippen LogP contribution in [0.2, 0.25) is 0 Å². The van der Waals surface area contributed by atoms with E-state index in [0.29, 0.717) is 11.5 Å². The first-order valence-electron chi connectivity index (χ1n) is 11.6. The molecule has 10 heteroatoms. The number of nitrogens with one attached hydrogen (secondary N) is 1. The van der Waals surface area contributed by atoms with Crippen molar-refractivity contribution in [1.29, 1.82) is 5.26 Å². The molecule has 0 spiro atoms. The summed E-state index contributed by atoms with van der Waals surface area (Å²) in [7, 11) is -0.857. The number of hydrogen-bond acceptors (Lipinski definition) is 6. The molecule has 0 aliphatic rings. The van der Waals surface area contributed by atoms with Crippen LogP contribution < -0.4 is 5.32 Å². The topological polar surface area (TPSA) is 122 Å². The van der Waals surface area contributed by atoms with Crippen molar-refractivity contribution in [2.45, 2.75) is 52.5 Å². The molecule has 0 bridgehead atoms. The fraction of sp³-hybridized carbons (Fsp3) is 0.423. The van der Waals surface area contributed by atoms with Crippen LogP contribution in [0.4, 0.5) is 5.69 Å². The zero-order valence-corrected chi connectivity index (χ0v) is 22.7. The lowest BCUT2D eigenvalue weighted by Gasteiger charge is -2.14. The number of aromatic nitrogens is 1. The van der Waals surface area contributed by atoms with E-state index in [1.54, 1.807) is 13.0 Å². The van der Waals surface area contributed by atoms with E-state index in [-0.39, 0.29) is 16.2 Å². The van der Waals surface area contributed by atoms with Gasteiger partial charge in [-0.25, -0.2) is 17.5 Å². The van der Waals surface area contributed by atoms with Crippen molar-refractivity contribution in [3.8, 4) is 6.07 Å². The lowest BCUT2D eigenvalue weighted by atomic mass is 10.1. The fourth-order valence-corrected chi connectivity index (χ4v) is 4.43. The molecule has 194 valence electrons. The number of amides is 1. The average molecular weight is 515 g/mol. The number of carbonyl (C=O) groups excluding carboxylic acids is 2. The Kier molecular flexibility index (Phi) is 9.62. The number of sulfonamides is 1. The van der Waals surface area contributed by atoms with Crippen LogP contribution in [-0.4, -0.2) is 49.9 Å². The molecule has 0 saturated carbocycles. The third-order valence-corrected chi connectivity index (χ3v) is 7.59. The average Bonchev–Trinajstić information content (AvgIpc) is 3.07. The zero-order chi connectivity index (χ0) is 27.2.